The van der Waals surface area contributed by atoms with Gasteiger partial charge in [-0.15, -0.1) is 0 Å². The predicted octanol–water partition coefficient (Wildman–Crippen LogP) is 8.47. The number of aromatic nitrogens is 2. The third-order valence-corrected chi connectivity index (χ3v) is 9.35. The quantitative estimate of drug-likeness (QED) is 0.197. The van der Waals surface area contributed by atoms with Gasteiger partial charge >= 0.3 is 5.97 Å². The fourth-order valence-corrected chi connectivity index (χ4v) is 7.36. The molecule has 43 heavy (non-hydrogen) atoms. The number of ether oxygens (including phenoxy) is 1. The van der Waals surface area contributed by atoms with Gasteiger partial charge in [-0.1, -0.05) is 54.6 Å². The summed E-state index contributed by atoms with van der Waals surface area (Å²) in [6, 6.07) is 36.4. The first-order chi connectivity index (χ1) is 21.0. The minimum Gasteiger partial charge on any atom is -0.441 e. The summed E-state index contributed by atoms with van der Waals surface area (Å²) in [4.78, 5) is 15.8. The largest absolute Gasteiger partial charge is 0.441 e. The Morgan fingerprint density at radius 1 is 0.628 bits per heavy atom. The van der Waals surface area contributed by atoms with Gasteiger partial charge in [0.25, 0.3) is 0 Å². The minimum absolute atomic E-state index is 0.300. The number of rotatable bonds is 5. The Labute approximate surface area is 250 Å². The van der Waals surface area contributed by atoms with E-state index in [0.29, 0.717) is 5.56 Å². The monoisotopic (exact) mass is 563 g/mol. The van der Waals surface area contributed by atoms with Crippen LogP contribution in [0.2, 0.25) is 0 Å². The Hall–Kier alpha value is -5.03. The van der Waals surface area contributed by atoms with Crippen LogP contribution in [-0.4, -0.2) is 29.2 Å². The highest BCUT2D eigenvalue weighted by Crippen LogP contribution is 2.50. The summed E-state index contributed by atoms with van der Waals surface area (Å²) in [6.45, 7) is 6.11. The summed E-state index contributed by atoms with van der Waals surface area (Å²) < 4.78 is 11.3. The van der Waals surface area contributed by atoms with E-state index in [9.17, 15) is 4.79 Å². The van der Waals surface area contributed by atoms with Gasteiger partial charge in [-0.2, -0.15) is 0 Å². The van der Waals surface area contributed by atoms with Crippen LogP contribution in [0.1, 0.15) is 40.9 Å². The van der Waals surface area contributed by atoms with E-state index in [0.717, 1.165) is 46.2 Å². The van der Waals surface area contributed by atoms with Crippen molar-refractivity contribution in [3.05, 3.63) is 125 Å². The summed E-state index contributed by atoms with van der Waals surface area (Å²) in [5.74, 6) is -0.300. The van der Waals surface area contributed by atoms with E-state index in [1.807, 2.05) is 25.1 Å². The summed E-state index contributed by atoms with van der Waals surface area (Å²) in [6.07, 6.45) is 0. The van der Waals surface area contributed by atoms with Gasteiger partial charge in [0, 0.05) is 93.2 Å². The van der Waals surface area contributed by atoms with E-state index < -0.39 is 5.60 Å². The lowest BCUT2D eigenvalue weighted by atomic mass is 9.79. The second-order valence-electron chi connectivity index (χ2n) is 11.7. The first-order valence-corrected chi connectivity index (χ1v) is 15.0. The first-order valence-electron chi connectivity index (χ1n) is 15.0. The van der Waals surface area contributed by atoms with E-state index in [1.54, 1.807) is 0 Å². The van der Waals surface area contributed by atoms with Crippen molar-refractivity contribution in [2.45, 2.75) is 32.5 Å². The molecule has 1 aliphatic rings. The summed E-state index contributed by atoms with van der Waals surface area (Å²) in [5.41, 5.74) is 8.02. The van der Waals surface area contributed by atoms with Crippen molar-refractivity contribution in [3.63, 3.8) is 0 Å². The molecule has 0 radical (unpaired) electrons. The lowest BCUT2D eigenvalue weighted by Gasteiger charge is -2.31. The van der Waals surface area contributed by atoms with Crippen LogP contribution in [0.25, 0.3) is 43.6 Å². The molecule has 2 aromatic heterocycles. The standard InChI is InChI=1S/C38H33N3O2/c1-5-40-33-13-9-7-11-27(33)29-21-24(15-19-35(29)40)38(32-18-17-26(39(3)4)23-31(32)37(42)43-38)25-16-20-36-30(22-25)28-12-8-10-14-34(28)41(36)6-2/h7-23H,5-6H2,1-4H3. The average Bonchev–Trinajstić information content (AvgIpc) is 3.65. The number of fused-ring (bicyclic) bond motifs is 7. The van der Waals surface area contributed by atoms with Gasteiger partial charge < -0.3 is 18.8 Å². The molecular formula is C38H33N3O2. The van der Waals surface area contributed by atoms with Gasteiger partial charge in [0.1, 0.15) is 0 Å². The molecular weight excluding hydrogens is 530 g/mol. The topological polar surface area (TPSA) is 39.4 Å². The molecule has 3 heterocycles. The van der Waals surface area contributed by atoms with Gasteiger partial charge in [0.2, 0.25) is 0 Å². The van der Waals surface area contributed by atoms with Gasteiger partial charge in [-0.05, 0) is 62.4 Å². The molecule has 5 nitrogen and oxygen atoms in total. The molecule has 0 N–H and O–H groups in total. The van der Waals surface area contributed by atoms with Crippen LogP contribution in [0.4, 0.5) is 5.69 Å². The van der Waals surface area contributed by atoms with Crippen molar-refractivity contribution in [2.75, 3.05) is 19.0 Å². The fraction of sp³-hybridized carbons (Fsp3) is 0.184. The first kappa shape index (κ1) is 25.7. The van der Waals surface area contributed by atoms with Gasteiger partial charge in [0.15, 0.2) is 5.60 Å². The van der Waals surface area contributed by atoms with Crippen LogP contribution in [0.5, 0.6) is 0 Å². The summed E-state index contributed by atoms with van der Waals surface area (Å²) in [5, 5.41) is 4.72. The highest BCUT2D eigenvalue weighted by molar-refractivity contribution is 6.10. The van der Waals surface area contributed by atoms with E-state index in [1.165, 1.54) is 32.8 Å². The van der Waals surface area contributed by atoms with E-state index in [4.69, 9.17) is 4.74 Å². The Bertz CT molecular complexity index is 2130. The molecule has 5 aromatic carbocycles. The number of hydrogen-bond donors (Lipinski definition) is 0. The Morgan fingerprint density at radius 2 is 1.14 bits per heavy atom. The average molecular weight is 564 g/mol. The van der Waals surface area contributed by atoms with Crippen LogP contribution in [0.15, 0.2) is 103 Å². The number of cyclic esters (lactones) is 1. The molecule has 0 atom stereocenters. The van der Waals surface area contributed by atoms with Crippen LogP contribution in [-0.2, 0) is 23.4 Å². The molecule has 0 spiro atoms. The zero-order valence-corrected chi connectivity index (χ0v) is 24.9. The molecule has 0 amide bonds. The molecule has 1 aliphatic heterocycles. The second kappa shape index (κ2) is 9.23. The highest BCUT2D eigenvalue weighted by atomic mass is 16.6. The molecule has 212 valence electrons. The van der Waals surface area contributed by atoms with Crippen molar-refractivity contribution in [1.29, 1.82) is 0 Å². The molecule has 8 rings (SSSR count). The summed E-state index contributed by atoms with van der Waals surface area (Å²) in [7, 11) is 3.98. The number of nitrogens with zero attached hydrogens (tertiary/aromatic N) is 3. The van der Waals surface area contributed by atoms with Crippen LogP contribution < -0.4 is 4.90 Å². The van der Waals surface area contributed by atoms with Crippen molar-refractivity contribution < 1.29 is 9.53 Å². The Kier molecular flexibility index (Phi) is 5.51. The number of carbonyl (C=O) groups is 1. The number of carbonyl (C=O) groups excluding carboxylic acids is 1. The number of benzene rings is 5. The van der Waals surface area contributed by atoms with Crippen molar-refractivity contribution >= 4 is 55.3 Å². The number of para-hydroxylation sites is 2. The zero-order chi connectivity index (χ0) is 29.5. The smallest absolute Gasteiger partial charge is 0.340 e. The normalized spacial score (nSPS) is 14.2. The van der Waals surface area contributed by atoms with E-state index in [-0.39, 0.29) is 5.97 Å². The van der Waals surface area contributed by atoms with E-state index >= 15 is 0 Å². The van der Waals surface area contributed by atoms with Gasteiger partial charge in [-0.25, -0.2) is 4.79 Å². The number of anilines is 1. The van der Waals surface area contributed by atoms with E-state index in [2.05, 4.69) is 120 Å². The maximum absolute atomic E-state index is 13.8. The zero-order valence-electron chi connectivity index (χ0n) is 24.9. The van der Waals surface area contributed by atoms with Crippen LogP contribution in [0, 0.1) is 0 Å². The third kappa shape index (κ3) is 3.42. The highest BCUT2D eigenvalue weighted by Gasteiger charge is 2.49. The Morgan fingerprint density at radius 3 is 1.65 bits per heavy atom. The molecule has 5 heteroatoms. The molecule has 0 bridgehead atoms. The van der Waals surface area contributed by atoms with Gasteiger partial charge in [0.05, 0.1) is 5.56 Å². The summed E-state index contributed by atoms with van der Waals surface area (Å²) >= 11 is 0. The SMILES string of the molecule is CCn1c2ccccc2c2cc(C3(c4ccc5c(c4)c4ccccc4n5CC)OC(=O)c4cc(N(C)C)ccc43)ccc21. The molecule has 0 fully saturated rings. The second-order valence-corrected chi connectivity index (χ2v) is 11.7. The van der Waals surface area contributed by atoms with Gasteiger partial charge in [-0.3, -0.25) is 0 Å². The lowest BCUT2D eigenvalue weighted by molar-refractivity contribution is 0.0252. The maximum atomic E-state index is 13.8. The molecule has 0 aliphatic carbocycles. The molecule has 0 unspecified atom stereocenters. The maximum Gasteiger partial charge on any atom is 0.340 e. The number of hydrogen-bond acceptors (Lipinski definition) is 3. The number of aryl methyl sites for hydroxylation is 2. The molecule has 0 saturated heterocycles. The van der Waals surface area contributed by atoms with Crippen molar-refractivity contribution in [1.82, 2.24) is 9.13 Å². The number of esters is 1. The third-order valence-electron chi connectivity index (χ3n) is 9.35. The van der Waals surface area contributed by atoms with Crippen LogP contribution in [0.3, 0.4) is 0 Å². The molecule has 0 saturated carbocycles. The predicted molar refractivity (Wildman–Crippen MR) is 176 cm³/mol. The fourth-order valence-electron chi connectivity index (χ4n) is 7.36. The van der Waals surface area contributed by atoms with Crippen molar-refractivity contribution in [2.24, 2.45) is 0 Å². The van der Waals surface area contributed by atoms with Crippen LogP contribution >= 0.6 is 0 Å². The lowest BCUT2D eigenvalue weighted by Crippen LogP contribution is -2.29. The minimum atomic E-state index is -1.09. The molecule has 7 aromatic rings. The van der Waals surface area contributed by atoms with Crippen molar-refractivity contribution in [3.8, 4) is 0 Å². The Balaban J connectivity index is 1.47.